The van der Waals surface area contributed by atoms with Gasteiger partial charge in [0.15, 0.2) is 0 Å². The highest BCUT2D eigenvalue weighted by atomic mass is 19.4. The van der Waals surface area contributed by atoms with Crippen molar-refractivity contribution >= 4 is 0 Å². The van der Waals surface area contributed by atoms with Gasteiger partial charge in [-0.2, -0.15) is 13.2 Å². The number of hydrogen-bond acceptors (Lipinski definition) is 3. The Balaban J connectivity index is 2.91. The van der Waals surface area contributed by atoms with Gasteiger partial charge in [-0.25, -0.2) is 0 Å². The van der Waals surface area contributed by atoms with Gasteiger partial charge in [0.1, 0.15) is 0 Å². The first kappa shape index (κ1) is 14.9. The lowest BCUT2D eigenvalue weighted by Gasteiger charge is -2.20. The summed E-state index contributed by atoms with van der Waals surface area (Å²) in [6.45, 7) is 0.0568. The zero-order valence-electron chi connectivity index (χ0n) is 9.78. The predicted molar refractivity (Wildman–Crippen MR) is 60.9 cm³/mol. The molecular weight excluding hydrogens is 247 g/mol. The quantitative estimate of drug-likeness (QED) is 0.773. The van der Waals surface area contributed by atoms with Gasteiger partial charge in [0.25, 0.3) is 0 Å². The van der Waals surface area contributed by atoms with E-state index in [0.29, 0.717) is 6.42 Å². The molecule has 0 amide bonds. The summed E-state index contributed by atoms with van der Waals surface area (Å²) in [6.07, 6.45) is -4.87. The molecule has 1 aromatic carbocycles. The van der Waals surface area contributed by atoms with Crippen LogP contribution in [-0.2, 0) is 10.9 Å². The second kappa shape index (κ2) is 6.72. The molecule has 0 saturated heterocycles. The van der Waals surface area contributed by atoms with Gasteiger partial charge >= 0.3 is 6.18 Å². The van der Waals surface area contributed by atoms with Crippen LogP contribution in [0.1, 0.15) is 23.7 Å². The number of nitrogens with two attached hydrogens (primary N) is 1. The summed E-state index contributed by atoms with van der Waals surface area (Å²) >= 11 is 0. The molecule has 1 rings (SSSR count). The van der Waals surface area contributed by atoms with Crippen LogP contribution in [0, 0.1) is 0 Å². The maximum atomic E-state index is 12.8. The van der Waals surface area contributed by atoms with E-state index in [1.807, 2.05) is 0 Å². The van der Waals surface area contributed by atoms with Crippen molar-refractivity contribution in [3.05, 3.63) is 35.4 Å². The smallest absolute Gasteiger partial charge is 0.396 e. The van der Waals surface area contributed by atoms with Crippen LogP contribution >= 0.6 is 0 Å². The molecule has 102 valence electrons. The lowest BCUT2D eigenvalue weighted by molar-refractivity contribution is -0.139. The van der Waals surface area contributed by atoms with Crippen molar-refractivity contribution in [3.63, 3.8) is 0 Å². The Morgan fingerprint density at radius 3 is 2.50 bits per heavy atom. The number of benzene rings is 1. The fourth-order valence-electron chi connectivity index (χ4n) is 1.61. The number of hydrogen-bond donors (Lipinski definition) is 2. The van der Waals surface area contributed by atoms with E-state index in [2.05, 4.69) is 0 Å². The van der Waals surface area contributed by atoms with E-state index in [1.165, 1.54) is 18.2 Å². The number of ether oxygens (including phenoxy) is 1. The van der Waals surface area contributed by atoms with Crippen LogP contribution in [0.5, 0.6) is 0 Å². The third-order valence-electron chi connectivity index (χ3n) is 2.45. The van der Waals surface area contributed by atoms with E-state index in [1.54, 1.807) is 0 Å². The maximum absolute atomic E-state index is 12.8. The fraction of sp³-hybridized carbons (Fsp3) is 0.500. The molecule has 18 heavy (non-hydrogen) atoms. The molecule has 0 aliphatic carbocycles. The molecule has 1 unspecified atom stereocenters. The minimum Gasteiger partial charge on any atom is -0.396 e. The molecule has 0 aliphatic rings. The number of aliphatic hydroxyl groups is 1. The van der Waals surface area contributed by atoms with Gasteiger partial charge in [-0.15, -0.1) is 0 Å². The SMILES string of the molecule is NCC(OCCCO)c1ccccc1C(F)(F)F. The van der Waals surface area contributed by atoms with Crippen LogP contribution in [0.25, 0.3) is 0 Å². The Morgan fingerprint density at radius 1 is 1.28 bits per heavy atom. The van der Waals surface area contributed by atoms with Gasteiger partial charge in [-0.3, -0.25) is 0 Å². The highest BCUT2D eigenvalue weighted by molar-refractivity contribution is 5.31. The van der Waals surface area contributed by atoms with Crippen molar-refractivity contribution < 1.29 is 23.0 Å². The second-order valence-electron chi connectivity index (χ2n) is 3.76. The van der Waals surface area contributed by atoms with Crippen molar-refractivity contribution in [1.29, 1.82) is 0 Å². The molecule has 0 saturated carbocycles. The summed E-state index contributed by atoms with van der Waals surface area (Å²) in [5.74, 6) is 0. The summed E-state index contributed by atoms with van der Waals surface area (Å²) in [7, 11) is 0. The van der Waals surface area contributed by atoms with E-state index < -0.39 is 17.8 Å². The number of alkyl halides is 3. The molecule has 0 spiro atoms. The summed E-state index contributed by atoms with van der Waals surface area (Å²) < 4.78 is 43.7. The Kier molecular flexibility index (Phi) is 5.58. The number of rotatable bonds is 6. The molecule has 0 aromatic heterocycles. The van der Waals surface area contributed by atoms with Gasteiger partial charge < -0.3 is 15.6 Å². The molecule has 3 nitrogen and oxygen atoms in total. The fourth-order valence-corrected chi connectivity index (χ4v) is 1.61. The first-order valence-corrected chi connectivity index (χ1v) is 5.59. The van der Waals surface area contributed by atoms with E-state index in [9.17, 15) is 13.2 Å². The van der Waals surface area contributed by atoms with Crippen LogP contribution < -0.4 is 5.73 Å². The Bertz CT molecular complexity index is 369. The minimum absolute atomic E-state index is 0.0328. The van der Waals surface area contributed by atoms with E-state index in [-0.39, 0.29) is 25.3 Å². The topological polar surface area (TPSA) is 55.5 Å². The Morgan fingerprint density at radius 2 is 1.94 bits per heavy atom. The van der Waals surface area contributed by atoms with Crippen LogP contribution in [0.3, 0.4) is 0 Å². The zero-order valence-corrected chi connectivity index (χ0v) is 9.78. The molecule has 3 N–H and O–H groups in total. The molecule has 0 radical (unpaired) electrons. The Labute approximate surface area is 103 Å². The van der Waals surface area contributed by atoms with E-state index in [0.717, 1.165) is 6.07 Å². The lowest BCUT2D eigenvalue weighted by Crippen LogP contribution is -2.21. The lowest BCUT2D eigenvalue weighted by atomic mass is 10.0. The predicted octanol–water partition coefficient (Wildman–Crippen LogP) is 2.10. The highest BCUT2D eigenvalue weighted by Gasteiger charge is 2.34. The van der Waals surface area contributed by atoms with Gasteiger partial charge in [0.05, 0.1) is 11.7 Å². The molecule has 0 aliphatic heterocycles. The third-order valence-corrected chi connectivity index (χ3v) is 2.45. The van der Waals surface area contributed by atoms with Crippen LogP contribution in [-0.4, -0.2) is 24.9 Å². The van der Waals surface area contributed by atoms with Crippen LogP contribution in [0.4, 0.5) is 13.2 Å². The summed E-state index contributed by atoms with van der Waals surface area (Å²) in [6, 6.07) is 5.21. The summed E-state index contributed by atoms with van der Waals surface area (Å²) in [5, 5.41) is 8.62. The molecule has 0 bridgehead atoms. The average molecular weight is 263 g/mol. The Hall–Kier alpha value is -1.11. The largest absolute Gasteiger partial charge is 0.416 e. The molecule has 1 atom stereocenters. The van der Waals surface area contributed by atoms with Crippen LogP contribution in [0.15, 0.2) is 24.3 Å². The first-order chi connectivity index (χ1) is 8.50. The molecule has 1 aromatic rings. The van der Waals surface area contributed by atoms with Crippen LogP contribution in [0.2, 0.25) is 0 Å². The van der Waals surface area contributed by atoms with Gasteiger partial charge in [-0.1, -0.05) is 18.2 Å². The molecule has 6 heteroatoms. The van der Waals surface area contributed by atoms with Gasteiger partial charge in [0.2, 0.25) is 0 Å². The van der Waals surface area contributed by atoms with Crippen molar-refractivity contribution in [2.45, 2.75) is 18.7 Å². The molecule has 0 fully saturated rings. The molecular formula is C12H16F3NO2. The van der Waals surface area contributed by atoms with Crippen molar-refractivity contribution in [2.75, 3.05) is 19.8 Å². The van der Waals surface area contributed by atoms with Crippen molar-refractivity contribution in [3.8, 4) is 0 Å². The standard InChI is InChI=1S/C12H16F3NO2/c13-12(14,15)10-5-2-1-4-9(10)11(8-16)18-7-3-6-17/h1-2,4-5,11,17H,3,6-8,16H2. The monoisotopic (exact) mass is 263 g/mol. The highest BCUT2D eigenvalue weighted by Crippen LogP contribution is 2.35. The molecule has 0 heterocycles. The van der Waals surface area contributed by atoms with E-state index in [4.69, 9.17) is 15.6 Å². The van der Waals surface area contributed by atoms with Crippen molar-refractivity contribution in [2.24, 2.45) is 5.73 Å². The first-order valence-electron chi connectivity index (χ1n) is 5.59. The van der Waals surface area contributed by atoms with Gasteiger partial charge in [-0.05, 0) is 18.1 Å². The number of aliphatic hydroxyl groups excluding tert-OH is 1. The summed E-state index contributed by atoms with van der Waals surface area (Å²) in [5.41, 5.74) is 4.75. The zero-order chi connectivity index (χ0) is 13.6. The average Bonchev–Trinajstić information content (AvgIpc) is 2.34. The minimum atomic E-state index is -4.43. The summed E-state index contributed by atoms with van der Waals surface area (Å²) in [4.78, 5) is 0. The number of halogens is 3. The van der Waals surface area contributed by atoms with E-state index >= 15 is 0 Å². The maximum Gasteiger partial charge on any atom is 0.416 e. The normalized spacial score (nSPS) is 13.6. The second-order valence-corrected chi connectivity index (χ2v) is 3.76. The van der Waals surface area contributed by atoms with Gasteiger partial charge in [0, 0.05) is 19.8 Å². The van der Waals surface area contributed by atoms with Crippen molar-refractivity contribution in [1.82, 2.24) is 0 Å². The third kappa shape index (κ3) is 3.97.